The van der Waals surface area contributed by atoms with E-state index < -0.39 is 11.5 Å². The Bertz CT molecular complexity index is 297. The van der Waals surface area contributed by atoms with Crippen molar-refractivity contribution in [3.63, 3.8) is 0 Å². The zero-order valence-electron chi connectivity index (χ0n) is 7.35. The number of aromatic amines is 1. The van der Waals surface area contributed by atoms with Crippen LogP contribution in [0.5, 0.6) is 0 Å². The number of H-pyrrole nitrogens is 1. The van der Waals surface area contributed by atoms with Crippen molar-refractivity contribution in [2.75, 3.05) is 0 Å². The molecule has 1 saturated carbocycles. The van der Waals surface area contributed by atoms with Gasteiger partial charge in [-0.15, -0.1) is 0 Å². The van der Waals surface area contributed by atoms with Gasteiger partial charge in [-0.2, -0.15) is 15.4 Å². The molecule has 0 saturated heterocycles. The Kier molecular flexibility index (Phi) is 5.36. The van der Waals surface area contributed by atoms with Crippen LogP contribution in [0.3, 0.4) is 0 Å². The van der Waals surface area contributed by atoms with Crippen LogP contribution in [-0.2, 0) is 5.54 Å². The van der Waals surface area contributed by atoms with E-state index >= 15 is 0 Å². The first kappa shape index (κ1) is 14.2. The Morgan fingerprint density at radius 3 is 2.33 bits per heavy atom. The van der Waals surface area contributed by atoms with Crippen molar-refractivity contribution in [1.82, 2.24) is 15.4 Å². The first-order valence-electron chi connectivity index (χ1n) is 3.83. The zero-order valence-corrected chi connectivity index (χ0v) is 13.8. The maximum Gasteiger partial charge on any atom is 0.252 e. The van der Waals surface area contributed by atoms with Gasteiger partial charge in [0.1, 0.15) is 5.69 Å². The summed E-state index contributed by atoms with van der Waals surface area (Å²) in [5.41, 5.74) is 5.08. The summed E-state index contributed by atoms with van der Waals surface area (Å²) < 4.78 is 25.0. The van der Waals surface area contributed by atoms with Crippen molar-refractivity contribution >= 4 is 37.2 Å². The summed E-state index contributed by atoms with van der Waals surface area (Å²) in [5, 5.41) is 9.54. The second kappa shape index (κ2) is 5.66. The molecule has 88 valence electrons. The van der Waals surface area contributed by atoms with Crippen molar-refractivity contribution in [2.24, 2.45) is 5.73 Å². The molecule has 0 bridgehead atoms. The van der Waals surface area contributed by atoms with Crippen LogP contribution in [-0.4, -0.2) is 21.3 Å². The standard InChI is InChI=1S/C6H8F2N4.I3/c7-6(8)2-5(9,3-6)4-1-10-12-11-4;1-3-2/h1H,2-3,9H2,(H,10,11,12);/q;-1. The van der Waals surface area contributed by atoms with Crippen LogP contribution in [0.15, 0.2) is 6.20 Å². The molecule has 1 aliphatic carbocycles. The smallest absolute Gasteiger partial charge is 0.252 e. The SMILES string of the molecule is I[I-]I.NC1(c2cn[nH]n2)CC(F)(F)C1. The fraction of sp³-hybridized carbons (Fsp3) is 0.667. The molecule has 1 fully saturated rings. The molecule has 0 amide bonds. The van der Waals surface area contributed by atoms with Crippen LogP contribution in [0, 0.1) is 0 Å². The van der Waals surface area contributed by atoms with Gasteiger partial charge in [0.2, 0.25) is 0 Å². The number of nitrogens with one attached hydrogen (secondary N) is 1. The molecule has 1 aliphatic rings. The molecule has 1 heterocycles. The van der Waals surface area contributed by atoms with Crippen LogP contribution in [0.4, 0.5) is 8.78 Å². The molecule has 0 aliphatic heterocycles. The number of nitrogens with two attached hydrogens (primary N) is 1. The van der Waals surface area contributed by atoms with E-state index in [1.54, 1.807) is 0 Å². The Morgan fingerprint density at radius 2 is 2.00 bits per heavy atom. The van der Waals surface area contributed by atoms with E-state index in [0.29, 0.717) is 18.9 Å². The molecule has 4 nitrogen and oxygen atoms in total. The second-order valence-electron chi connectivity index (χ2n) is 3.27. The van der Waals surface area contributed by atoms with Crippen molar-refractivity contribution in [1.29, 1.82) is 0 Å². The number of aromatic nitrogens is 3. The van der Waals surface area contributed by atoms with Crippen LogP contribution >= 0.6 is 37.2 Å². The fourth-order valence-electron chi connectivity index (χ4n) is 1.49. The van der Waals surface area contributed by atoms with Gasteiger partial charge in [-0.05, 0) is 0 Å². The van der Waals surface area contributed by atoms with Crippen LogP contribution < -0.4 is 19.0 Å². The minimum atomic E-state index is -2.63. The third-order valence-electron chi connectivity index (χ3n) is 2.07. The van der Waals surface area contributed by atoms with E-state index in [1.165, 1.54) is 6.20 Å². The van der Waals surface area contributed by atoms with Gasteiger partial charge in [0.25, 0.3) is 5.92 Å². The largest absolute Gasteiger partial charge is 0.320 e. The van der Waals surface area contributed by atoms with Crippen molar-refractivity contribution in [3.05, 3.63) is 11.9 Å². The average molecular weight is 555 g/mol. The molecule has 1 aromatic rings. The summed E-state index contributed by atoms with van der Waals surface area (Å²) in [5.74, 6) is -2.63. The summed E-state index contributed by atoms with van der Waals surface area (Å²) >= 11 is 5.30. The Labute approximate surface area is 115 Å². The monoisotopic (exact) mass is 555 g/mol. The topological polar surface area (TPSA) is 67.6 Å². The summed E-state index contributed by atoms with van der Waals surface area (Å²) in [6.07, 6.45) is 0.703. The van der Waals surface area contributed by atoms with E-state index in [-0.39, 0.29) is 12.8 Å². The number of hydrogen-bond acceptors (Lipinski definition) is 3. The second-order valence-corrected chi connectivity index (χ2v) is 19.5. The Morgan fingerprint density at radius 1 is 1.47 bits per heavy atom. The van der Waals surface area contributed by atoms with E-state index in [9.17, 15) is 8.78 Å². The van der Waals surface area contributed by atoms with E-state index in [2.05, 4.69) is 52.6 Å². The summed E-state index contributed by atoms with van der Waals surface area (Å²) in [4.78, 5) is 0. The maximum atomic E-state index is 12.5. The minimum absolute atomic E-state index is 0.341. The quantitative estimate of drug-likeness (QED) is 0.445. The molecule has 15 heavy (non-hydrogen) atoms. The van der Waals surface area contributed by atoms with Crippen molar-refractivity contribution in [2.45, 2.75) is 24.3 Å². The van der Waals surface area contributed by atoms with Gasteiger partial charge in [0.15, 0.2) is 0 Å². The van der Waals surface area contributed by atoms with E-state index in [1.807, 2.05) is 0 Å². The van der Waals surface area contributed by atoms with Gasteiger partial charge in [0, 0.05) is 12.8 Å². The number of rotatable bonds is 1. The molecule has 0 unspecified atom stereocenters. The molecule has 3 N–H and O–H groups in total. The predicted octanol–water partition coefficient (Wildman–Crippen LogP) is -0.837. The first-order chi connectivity index (χ1) is 6.93. The molecule has 0 radical (unpaired) electrons. The number of alkyl halides is 2. The Balaban J connectivity index is 0.000000337. The van der Waals surface area contributed by atoms with Crippen molar-refractivity contribution < 1.29 is 22.0 Å². The van der Waals surface area contributed by atoms with Gasteiger partial charge in [-0.3, -0.25) is 0 Å². The molecular formula is C6H8F2I3N4-. The van der Waals surface area contributed by atoms with E-state index in [0.717, 1.165) is 0 Å². The van der Waals surface area contributed by atoms with Gasteiger partial charge < -0.3 is 5.73 Å². The van der Waals surface area contributed by atoms with Crippen LogP contribution in [0.2, 0.25) is 0 Å². The van der Waals surface area contributed by atoms with Crippen LogP contribution in [0.1, 0.15) is 18.5 Å². The third-order valence-corrected chi connectivity index (χ3v) is 2.07. The Hall–Kier alpha value is 1.15. The number of halogens is 5. The van der Waals surface area contributed by atoms with Gasteiger partial charge in [0.05, 0.1) is 11.7 Å². The van der Waals surface area contributed by atoms with Crippen LogP contribution in [0.25, 0.3) is 0 Å². The average Bonchev–Trinajstić information content (AvgIpc) is 2.52. The summed E-state index contributed by atoms with van der Waals surface area (Å²) in [7, 11) is 0. The summed E-state index contributed by atoms with van der Waals surface area (Å²) in [6, 6.07) is 0. The summed E-state index contributed by atoms with van der Waals surface area (Å²) in [6.45, 7) is 0. The number of hydrogen-bond donors (Lipinski definition) is 2. The molecule has 0 aromatic carbocycles. The van der Waals surface area contributed by atoms with E-state index in [4.69, 9.17) is 5.73 Å². The fourth-order valence-corrected chi connectivity index (χ4v) is 1.49. The predicted molar refractivity (Wildman–Crippen MR) is 64.5 cm³/mol. The molecular weight excluding hydrogens is 547 g/mol. The minimum Gasteiger partial charge on any atom is -0.320 e. The van der Waals surface area contributed by atoms with Gasteiger partial charge in [-0.1, -0.05) is 0 Å². The number of nitrogens with zero attached hydrogens (tertiary/aromatic N) is 2. The molecule has 1 aromatic heterocycles. The molecule has 9 heteroatoms. The molecule has 0 atom stereocenters. The third kappa shape index (κ3) is 3.83. The molecule has 2 rings (SSSR count). The maximum absolute atomic E-state index is 12.5. The first-order valence-corrected chi connectivity index (χ1v) is 16.4. The van der Waals surface area contributed by atoms with Gasteiger partial charge in [-0.25, -0.2) is 8.78 Å². The zero-order chi connectivity index (χ0) is 11.5. The normalized spacial score (nSPS) is 21.4. The molecule has 0 spiro atoms. The van der Waals surface area contributed by atoms with Crippen molar-refractivity contribution in [3.8, 4) is 0 Å². The van der Waals surface area contributed by atoms with Gasteiger partial charge >= 0.3 is 50.5 Å².